The number of sulfonamides is 1. The predicted molar refractivity (Wildman–Crippen MR) is 124 cm³/mol. The smallest absolute Gasteiger partial charge is 0.359 e. The van der Waals surface area contributed by atoms with Crippen molar-refractivity contribution >= 4 is 21.6 Å². The summed E-state index contributed by atoms with van der Waals surface area (Å²) >= 11 is 0. The molecule has 13 heteroatoms. The highest BCUT2D eigenvalue weighted by molar-refractivity contribution is 7.89. The average Bonchev–Trinajstić information content (AvgIpc) is 3.21. The van der Waals surface area contributed by atoms with Gasteiger partial charge in [0, 0.05) is 33.0 Å². The maximum atomic E-state index is 14.1. The molecule has 0 aromatic heterocycles. The summed E-state index contributed by atoms with van der Waals surface area (Å²) in [5.41, 5.74) is -0.552. The van der Waals surface area contributed by atoms with Gasteiger partial charge in [-0.15, -0.1) is 0 Å². The summed E-state index contributed by atoms with van der Waals surface area (Å²) in [6.45, 7) is 2.45. The van der Waals surface area contributed by atoms with Gasteiger partial charge >= 0.3 is 6.18 Å². The number of methoxy groups -OCH3 is 1. The minimum absolute atomic E-state index is 0.0175. The fourth-order valence-corrected chi connectivity index (χ4v) is 5.07. The van der Waals surface area contributed by atoms with E-state index in [1.165, 1.54) is 26.2 Å². The molecule has 0 saturated carbocycles. The maximum Gasteiger partial charge on any atom is 0.433 e. The minimum Gasteiger partial charge on any atom is -0.359 e. The molecule has 0 aliphatic carbocycles. The van der Waals surface area contributed by atoms with Crippen LogP contribution in [0.1, 0.15) is 26.7 Å². The third kappa shape index (κ3) is 7.93. The largest absolute Gasteiger partial charge is 0.433 e. The van der Waals surface area contributed by atoms with Crippen LogP contribution in [0, 0.1) is 5.82 Å². The molecule has 1 unspecified atom stereocenters. The molecule has 36 heavy (non-hydrogen) atoms. The van der Waals surface area contributed by atoms with Gasteiger partial charge in [0.05, 0.1) is 4.90 Å². The summed E-state index contributed by atoms with van der Waals surface area (Å²) in [6.07, 6.45) is -4.13. The first-order chi connectivity index (χ1) is 16.8. The summed E-state index contributed by atoms with van der Waals surface area (Å²) in [5, 5.41) is 2.53. The molecule has 0 bridgehead atoms. The number of aliphatic imine (C=N–C) groups is 1. The topological polar surface area (TPSA) is 88.1 Å². The van der Waals surface area contributed by atoms with E-state index >= 15 is 0 Å². The van der Waals surface area contributed by atoms with Crippen LogP contribution in [0.5, 0.6) is 0 Å². The number of rotatable bonds is 10. The lowest BCUT2D eigenvalue weighted by atomic mass is 10.2. The van der Waals surface area contributed by atoms with Crippen LogP contribution in [0.15, 0.2) is 58.0 Å². The monoisotopic (exact) mass is 537 g/mol. The van der Waals surface area contributed by atoms with Crippen molar-refractivity contribution in [1.29, 1.82) is 0 Å². The molecule has 2 rings (SSSR count). The number of ether oxygens (including phenoxy) is 1. The van der Waals surface area contributed by atoms with E-state index in [4.69, 9.17) is 4.74 Å². The van der Waals surface area contributed by atoms with Crippen LogP contribution < -0.4 is 5.32 Å². The summed E-state index contributed by atoms with van der Waals surface area (Å²) < 4.78 is 97.9. The molecular formula is C23H28F5N3O4S. The molecule has 0 radical (unpaired) electrons. The zero-order chi connectivity index (χ0) is 27.1. The standard InChI is InChI=1S/C23H28F5N3O4S/c1-4-5-20(23(26,27)28)30-21(35-3)11-6-15(2)13-29-22(32)19-12-17(25)14-31(19)36(33,34)18-9-7-16(24)8-10-18/h4-10,17,19,21H,11-14H2,1-3H3,(H,29,32)/b5-4-,15-6+,30-20?/t17-,19+,21?/m1/s1. The Hall–Kier alpha value is -2.64. The number of allylic oxidation sites excluding steroid dienone is 2. The van der Waals surface area contributed by atoms with Crippen LogP contribution in [0.25, 0.3) is 0 Å². The summed E-state index contributed by atoms with van der Waals surface area (Å²) in [5.74, 6) is -1.38. The van der Waals surface area contributed by atoms with Crippen LogP contribution in [-0.2, 0) is 19.6 Å². The fraction of sp³-hybridized carbons (Fsp3) is 0.478. The van der Waals surface area contributed by atoms with E-state index in [0.29, 0.717) is 5.57 Å². The molecule has 1 fully saturated rings. The Bertz CT molecular complexity index is 1100. The first kappa shape index (κ1) is 29.6. The minimum atomic E-state index is -4.65. The Kier molecular flexibility index (Phi) is 10.3. The van der Waals surface area contributed by atoms with Gasteiger partial charge in [-0.05, 0) is 44.2 Å². The van der Waals surface area contributed by atoms with Gasteiger partial charge < -0.3 is 10.1 Å². The molecule has 1 N–H and O–H groups in total. The highest BCUT2D eigenvalue weighted by Gasteiger charge is 2.44. The third-order valence-corrected chi connectivity index (χ3v) is 7.20. The van der Waals surface area contributed by atoms with Gasteiger partial charge in [0.15, 0.2) is 6.23 Å². The second-order valence-corrected chi connectivity index (χ2v) is 9.97. The van der Waals surface area contributed by atoms with Crippen molar-refractivity contribution in [1.82, 2.24) is 9.62 Å². The number of amides is 1. The van der Waals surface area contributed by atoms with Gasteiger partial charge in [-0.2, -0.15) is 17.5 Å². The quantitative estimate of drug-likeness (QED) is 0.278. The number of hydrogen-bond acceptors (Lipinski definition) is 5. The molecule has 1 aromatic rings. The Morgan fingerprint density at radius 2 is 1.94 bits per heavy atom. The van der Waals surface area contributed by atoms with Gasteiger partial charge in [0.1, 0.15) is 23.7 Å². The molecule has 1 heterocycles. The molecule has 7 nitrogen and oxygen atoms in total. The molecule has 1 saturated heterocycles. The number of nitrogens with one attached hydrogen (secondary N) is 1. The zero-order valence-corrected chi connectivity index (χ0v) is 20.7. The lowest BCUT2D eigenvalue weighted by Crippen LogP contribution is -2.46. The van der Waals surface area contributed by atoms with Crippen molar-refractivity contribution in [3.63, 3.8) is 0 Å². The van der Waals surface area contributed by atoms with E-state index in [1.54, 1.807) is 6.92 Å². The Labute approximate surface area is 206 Å². The number of halogens is 5. The van der Waals surface area contributed by atoms with Crippen molar-refractivity contribution in [3.05, 3.63) is 53.9 Å². The molecule has 1 amide bonds. The van der Waals surface area contributed by atoms with Gasteiger partial charge in [-0.1, -0.05) is 17.7 Å². The van der Waals surface area contributed by atoms with Gasteiger partial charge in [-0.3, -0.25) is 4.79 Å². The predicted octanol–water partition coefficient (Wildman–Crippen LogP) is 3.93. The Morgan fingerprint density at radius 1 is 1.31 bits per heavy atom. The Balaban J connectivity index is 2.06. The van der Waals surface area contributed by atoms with Gasteiger partial charge in [-0.25, -0.2) is 22.2 Å². The molecule has 1 aromatic carbocycles. The first-order valence-corrected chi connectivity index (χ1v) is 12.4. The molecule has 1 aliphatic rings. The normalized spacial score (nSPS) is 21.2. The second-order valence-electron chi connectivity index (χ2n) is 8.08. The molecule has 3 atom stereocenters. The van der Waals surface area contributed by atoms with E-state index in [1.807, 2.05) is 0 Å². The molecular weight excluding hydrogens is 509 g/mol. The molecule has 200 valence electrons. The third-order valence-electron chi connectivity index (χ3n) is 5.31. The van der Waals surface area contributed by atoms with Crippen molar-refractivity contribution in [2.75, 3.05) is 20.2 Å². The summed E-state index contributed by atoms with van der Waals surface area (Å²) in [6, 6.07) is 2.66. The van der Waals surface area contributed by atoms with Crippen LogP contribution in [0.4, 0.5) is 22.0 Å². The lowest BCUT2D eigenvalue weighted by molar-refractivity contribution is -0.124. The number of hydrogen-bond donors (Lipinski definition) is 1. The highest BCUT2D eigenvalue weighted by Crippen LogP contribution is 2.28. The van der Waals surface area contributed by atoms with Crippen LogP contribution in [0.3, 0.4) is 0 Å². The summed E-state index contributed by atoms with van der Waals surface area (Å²) in [7, 11) is -3.04. The average molecular weight is 538 g/mol. The number of carbonyl (C=O) groups is 1. The number of benzene rings is 1. The summed E-state index contributed by atoms with van der Waals surface area (Å²) in [4.78, 5) is 16.0. The second kappa shape index (κ2) is 12.5. The van der Waals surface area contributed by atoms with Gasteiger partial charge in [0.25, 0.3) is 0 Å². The van der Waals surface area contributed by atoms with Crippen molar-refractivity contribution < 1.29 is 39.9 Å². The van der Waals surface area contributed by atoms with Crippen LogP contribution >= 0.6 is 0 Å². The van der Waals surface area contributed by atoms with Crippen molar-refractivity contribution in [2.24, 2.45) is 4.99 Å². The van der Waals surface area contributed by atoms with Crippen LogP contribution in [0.2, 0.25) is 0 Å². The van der Waals surface area contributed by atoms with E-state index < -0.39 is 58.6 Å². The SMILES string of the molecule is C/C=C\C(=NC(C/C=C(\C)CNC(=O)[C@@H]1C[C@@H](F)CN1S(=O)(=O)c1ccc(F)cc1)OC)C(F)(F)F. The molecule has 0 spiro atoms. The Morgan fingerprint density at radius 3 is 2.50 bits per heavy atom. The number of nitrogens with zero attached hydrogens (tertiary/aromatic N) is 2. The first-order valence-electron chi connectivity index (χ1n) is 10.9. The zero-order valence-electron chi connectivity index (χ0n) is 19.9. The molecule has 1 aliphatic heterocycles. The highest BCUT2D eigenvalue weighted by atomic mass is 32.2. The van der Waals surface area contributed by atoms with E-state index in [2.05, 4.69) is 10.3 Å². The number of carbonyl (C=O) groups excluding carboxylic acids is 1. The fourth-order valence-electron chi connectivity index (χ4n) is 3.45. The van der Waals surface area contributed by atoms with Crippen molar-refractivity contribution in [2.45, 2.75) is 56.2 Å². The lowest BCUT2D eigenvalue weighted by Gasteiger charge is -2.23. The number of alkyl halides is 4. The van der Waals surface area contributed by atoms with E-state index in [9.17, 15) is 35.2 Å². The van der Waals surface area contributed by atoms with Gasteiger partial charge in [0.2, 0.25) is 15.9 Å². The van der Waals surface area contributed by atoms with E-state index in [-0.39, 0.29) is 24.3 Å². The maximum absolute atomic E-state index is 14.1. The van der Waals surface area contributed by atoms with Crippen molar-refractivity contribution in [3.8, 4) is 0 Å². The van der Waals surface area contributed by atoms with E-state index in [0.717, 1.165) is 34.6 Å². The van der Waals surface area contributed by atoms with Crippen LogP contribution in [-0.4, -0.2) is 69.2 Å².